The Bertz CT molecular complexity index is 398. The van der Waals surface area contributed by atoms with Crippen molar-refractivity contribution in [1.82, 2.24) is 4.98 Å². The van der Waals surface area contributed by atoms with Gasteiger partial charge in [0.05, 0.1) is 17.8 Å². The summed E-state index contributed by atoms with van der Waals surface area (Å²) in [6.07, 6.45) is 0. The average Bonchev–Trinajstić information content (AvgIpc) is 2.31. The third-order valence-electron chi connectivity index (χ3n) is 1.82. The monoisotopic (exact) mass is 189 g/mol. The number of aliphatic hydroxyl groups is 1. The van der Waals surface area contributed by atoms with Gasteiger partial charge in [0, 0.05) is 5.39 Å². The van der Waals surface area contributed by atoms with Crippen molar-refractivity contribution in [3.8, 4) is 0 Å². The molecule has 1 aromatic carbocycles. The Morgan fingerprint density at radius 2 is 1.79 bits per heavy atom. The van der Waals surface area contributed by atoms with Crippen LogP contribution in [0.25, 0.3) is 10.9 Å². The maximum Gasteiger partial charge on any atom is 0.0853 e. The molecule has 0 fully saturated rings. The first-order chi connectivity index (χ1) is 6.90. The first-order valence-corrected chi connectivity index (χ1v) is 4.86. The van der Waals surface area contributed by atoms with E-state index in [1.807, 2.05) is 50.2 Å². The Labute approximate surface area is 84.2 Å². The van der Waals surface area contributed by atoms with E-state index >= 15 is 0 Å². The average molecular weight is 189 g/mol. The van der Waals surface area contributed by atoms with Gasteiger partial charge in [0.2, 0.25) is 0 Å². The second-order valence-electron chi connectivity index (χ2n) is 2.65. The van der Waals surface area contributed by atoms with E-state index in [4.69, 9.17) is 5.11 Å². The number of benzene rings is 1. The van der Waals surface area contributed by atoms with Crippen molar-refractivity contribution in [3.63, 3.8) is 0 Å². The zero-order valence-corrected chi connectivity index (χ0v) is 8.57. The van der Waals surface area contributed by atoms with Crippen LogP contribution < -0.4 is 0 Å². The lowest BCUT2D eigenvalue weighted by molar-refractivity contribution is 0.277. The van der Waals surface area contributed by atoms with Gasteiger partial charge in [0.1, 0.15) is 0 Å². The number of aliphatic hydroxyl groups excluding tert-OH is 1. The molecule has 1 heterocycles. The third kappa shape index (κ3) is 2.30. The topological polar surface area (TPSA) is 33.1 Å². The van der Waals surface area contributed by atoms with Gasteiger partial charge < -0.3 is 5.11 Å². The molecule has 74 valence electrons. The summed E-state index contributed by atoms with van der Waals surface area (Å²) < 4.78 is 0. The zero-order valence-electron chi connectivity index (χ0n) is 8.57. The van der Waals surface area contributed by atoms with Crippen LogP contribution in [0, 0.1) is 0 Å². The normalized spacial score (nSPS) is 9.36. The van der Waals surface area contributed by atoms with Crippen molar-refractivity contribution in [2.45, 2.75) is 20.5 Å². The predicted octanol–water partition coefficient (Wildman–Crippen LogP) is 2.75. The largest absolute Gasteiger partial charge is 0.390 e. The van der Waals surface area contributed by atoms with E-state index in [-0.39, 0.29) is 6.61 Å². The number of hydrogen-bond acceptors (Lipinski definition) is 2. The Morgan fingerprint density at radius 3 is 2.50 bits per heavy atom. The number of nitrogens with zero attached hydrogens (tertiary/aromatic N) is 1. The van der Waals surface area contributed by atoms with Crippen LogP contribution >= 0.6 is 0 Å². The van der Waals surface area contributed by atoms with Crippen LogP contribution in [-0.2, 0) is 6.61 Å². The number of pyridine rings is 1. The quantitative estimate of drug-likeness (QED) is 0.748. The second kappa shape index (κ2) is 5.35. The molecule has 1 N–H and O–H groups in total. The molecular weight excluding hydrogens is 174 g/mol. The fourth-order valence-corrected chi connectivity index (χ4v) is 1.20. The minimum atomic E-state index is 0.00480. The number of hydrogen-bond donors (Lipinski definition) is 1. The second-order valence-corrected chi connectivity index (χ2v) is 2.65. The molecule has 0 saturated heterocycles. The highest BCUT2D eigenvalue weighted by Crippen LogP contribution is 2.11. The lowest BCUT2D eigenvalue weighted by Crippen LogP contribution is -1.88. The predicted molar refractivity (Wildman–Crippen MR) is 59.0 cm³/mol. The molecule has 2 rings (SSSR count). The van der Waals surface area contributed by atoms with Crippen molar-refractivity contribution >= 4 is 10.9 Å². The van der Waals surface area contributed by atoms with Gasteiger partial charge in [-0.25, -0.2) is 0 Å². The van der Waals surface area contributed by atoms with Crippen LogP contribution in [0.5, 0.6) is 0 Å². The number of para-hydroxylation sites is 1. The number of aromatic nitrogens is 1. The van der Waals surface area contributed by atoms with Crippen molar-refractivity contribution in [3.05, 3.63) is 42.1 Å². The van der Waals surface area contributed by atoms with Crippen molar-refractivity contribution < 1.29 is 5.11 Å². The van der Waals surface area contributed by atoms with Crippen LogP contribution in [0.3, 0.4) is 0 Å². The van der Waals surface area contributed by atoms with E-state index in [1.54, 1.807) is 0 Å². The van der Waals surface area contributed by atoms with Crippen LogP contribution in [0.4, 0.5) is 0 Å². The minimum absolute atomic E-state index is 0.00480. The highest BCUT2D eigenvalue weighted by Gasteiger charge is 1.94. The molecule has 0 saturated carbocycles. The first kappa shape index (κ1) is 10.7. The standard InChI is InChI=1S/C10H9NO.C2H6/c12-7-9-6-5-8-3-1-2-4-10(8)11-9;1-2/h1-6,12H,7H2;1-2H3. The van der Waals surface area contributed by atoms with Crippen molar-refractivity contribution in [2.75, 3.05) is 0 Å². The summed E-state index contributed by atoms with van der Waals surface area (Å²) in [6, 6.07) is 11.7. The van der Waals surface area contributed by atoms with Gasteiger partial charge in [0.15, 0.2) is 0 Å². The Balaban J connectivity index is 0.000000461. The summed E-state index contributed by atoms with van der Waals surface area (Å²) in [5.41, 5.74) is 1.65. The van der Waals surface area contributed by atoms with Gasteiger partial charge >= 0.3 is 0 Å². The molecule has 0 bridgehead atoms. The van der Waals surface area contributed by atoms with Gasteiger partial charge in [-0.05, 0) is 12.1 Å². The smallest absolute Gasteiger partial charge is 0.0853 e. The van der Waals surface area contributed by atoms with Gasteiger partial charge in [-0.15, -0.1) is 0 Å². The van der Waals surface area contributed by atoms with Crippen molar-refractivity contribution in [2.24, 2.45) is 0 Å². The van der Waals surface area contributed by atoms with Crippen LogP contribution in [0.2, 0.25) is 0 Å². The Morgan fingerprint density at radius 1 is 1.07 bits per heavy atom. The summed E-state index contributed by atoms with van der Waals surface area (Å²) in [7, 11) is 0. The number of rotatable bonds is 1. The molecule has 1 aromatic heterocycles. The molecule has 0 amide bonds. The first-order valence-electron chi connectivity index (χ1n) is 4.86. The number of fused-ring (bicyclic) bond motifs is 1. The van der Waals surface area contributed by atoms with E-state index in [9.17, 15) is 0 Å². The molecule has 0 atom stereocenters. The Hall–Kier alpha value is -1.41. The highest BCUT2D eigenvalue weighted by molar-refractivity contribution is 5.78. The molecular formula is C12H15NO. The van der Waals surface area contributed by atoms with E-state index in [0.29, 0.717) is 5.69 Å². The van der Waals surface area contributed by atoms with Gasteiger partial charge in [-0.3, -0.25) is 4.98 Å². The fraction of sp³-hybridized carbons (Fsp3) is 0.250. The molecule has 0 unspecified atom stereocenters. The minimum Gasteiger partial charge on any atom is -0.390 e. The molecule has 2 aromatic rings. The molecule has 0 spiro atoms. The van der Waals surface area contributed by atoms with Crippen molar-refractivity contribution in [1.29, 1.82) is 0 Å². The molecule has 0 aliphatic rings. The SMILES string of the molecule is CC.OCc1ccc2ccccc2n1. The van der Waals surface area contributed by atoms with Gasteiger partial charge in [-0.1, -0.05) is 38.1 Å². The molecule has 2 heteroatoms. The third-order valence-corrected chi connectivity index (χ3v) is 1.82. The van der Waals surface area contributed by atoms with E-state index in [2.05, 4.69) is 4.98 Å². The summed E-state index contributed by atoms with van der Waals surface area (Å²) in [6.45, 7) is 4.00. The van der Waals surface area contributed by atoms with Gasteiger partial charge in [-0.2, -0.15) is 0 Å². The van der Waals surface area contributed by atoms with Crippen LogP contribution in [0.1, 0.15) is 19.5 Å². The fourth-order valence-electron chi connectivity index (χ4n) is 1.20. The Kier molecular flexibility index (Phi) is 4.08. The molecule has 0 radical (unpaired) electrons. The maximum atomic E-state index is 8.83. The van der Waals surface area contributed by atoms with Crippen LogP contribution in [0.15, 0.2) is 36.4 Å². The van der Waals surface area contributed by atoms with E-state index in [1.165, 1.54) is 0 Å². The zero-order chi connectivity index (χ0) is 10.4. The summed E-state index contributed by atoms with van der Waals surface area (Å²) in [5, 5.41) is 9.94. The lowest BCUT2D eigenvalue weighted by Gasteiger charge is -1.98. The molecule has 0 aliphatic carbocycles. The summed E-state index contributed by atoms with van der Waals surface area (Å²) >= 11 is 0. The van der Waals surface area contributed by atoms with E-state index in [0.717, 1.165) is 10.9 Å². The molecule has 14 heavy (non-hydrogen) atoms. The highest BCUT2D eigenvalue weighted by atomic mass is 16.3. The lowest BCUT2D eigenvalue weighted by atomic mass is 10.2. The summed E-state index contributed by atoms with van der Waals surface area (Å²) in [5.74, 6) is 0. The van der Waals surface area contributed by atoms with E-state index < -0.39 is 0 Å². The van der Waals surface area contributed by atoms with Crippen LogP contribution in [-0.4, -0.2) is 10.1 Å². The maximum absolute atomic E-state index is 8.83. The molecule has 0 aliphatic heterocycles. The summed E-state index contributed by atoms with van der Waals surface area (Å²) in [4.78, 5) is 4.24. The molecule has 2 nitrogen and oxygen atoms in total. The van der Waals surface area contributed by atoms with Gasteiger partial charge in [0.25, 0.3) is 0 Å².